The third kappa shape index (κ3) is 5.59. The highest BCUT2D eigenvalue weighted by Crippen LogP contribution is 2.19. The second-order valence-corrected chi connectivity index (χ2v) is 6.89. The molecule has 0 aliphatic heterocycles. The van der Waals surface area contributed by atoms with Crippen molar-refractivity contribution in [2.45, 2.75) is 20.3 Å². The highest BCUT2D eigenvalue weighted by atomic mass is 19.1. The predicted molar refractivity (Wildman–Crippen MR) is 114 cm³/mol. The molecule has 0 aliphatic carbocycles. The molecule has 31 heavy (non-hydrogen) atoms. The van der Waals surface area contributed by atoms with Gasteiger partial charge in [-0.05, 0) is 62.4 Å². The largest absolute Gasteiger partial charge is 0.497 e. The Kier molecular flexibility index (Phi) is 6.86. The summed E-state index contributed by atoms with van der Waals surface area (Å²) < 4.78 is 19.9. The van der Waals surface area contributed by atoms with Gasteiger partial charge < -0.3 is 10.1 Å². The fraction of sp³-hybridized carbons (Fsp3) is 0.227. The number of benzene rings is 2. The smallest absolute Gasteiger partial charge is 0.257 e. The molecule has 1 heterocycles. The molecule has 3 N–H and O–H groups in total. The third-order valence-corrected chi connectivity index (χ3v) is 4.73. The van der Waals surface area contributed by atoms with Crippen LogP contribution in [-0.4, -0.2) is 35.2 Å². The van der Waals surface area contributed by atoms with Crippen LogP contribution in [0.3, 0.4) is 0 Å². The maximum Gasteiger partial charge on any atom is 0.257 e. The fourth-order valence-corrected chi connectivity index (χ4v) is 3.04. The number of nitrogens with zero attached hydrogens (tertiary/aromatic N) is 2. The van der Waals surface area contributed by atoms with Crippen molar-refractivity contribution in [2.75, 3.05) is 19.0 Å². The second-order valence-electron chi connectivity index (χ2n) is 6.89. The van der Waals surface area contributed by atoms with E-state index in [2.05, 4.69) is 21.3 Å². The minimum atomic E-state index is -0.389. The minimum Gasteiger partial charge on any atom is -0.497 e. The SMILES string of the molecule is COc1ccc(NCC(=O)NNC(=O)Cc2c(C)nn(-c3ccc(F)cc3)c2C)cc1. The molecule has 9 heteroatoms. The Morgan fingerprint density at radius 3 is 2.29 bits per heavy atom. The van der Waals surface area contributed by atoms with Crippen LogP contribution in [0.15, 0.2) is 48.5 Å². The van der Waals surface area contributed by atoms with E-state index in [1.807, 2.05) is 6.92 Å². The average Bonchev–Trinajstić information content (AvgIpc) is 3.05. The number of nitrogens with one attached hydrogen (secondary N) is 3. The van der Waals surface area contributed by atoms with Crippen LogP contribution in [0.5, 0.6) is 5.75 Å². The Hall–Kier alpha value is -3.88. The monoisotopic (exact) mass is 425 g/mol. The predicted octanol–water partition coefficient (Wildman–Crippen LogP) is 2.44. The lowest BCUT2D eigenvalue weighted by molar-refractivity contribution is -0.127. The molecule has 0 fully saturated rings. The van der Waals surface area contributed by atoms with Crippen LogP contribution in [0, 0.1) is 19.7 Å². The van der Waals surface area contributed by atoms with Gasteiger partial charge in [0.05, 0.1) is 31.5 Å². The molecule has 3 rings (SSSR count). The average molecular weight is 425 g/mol. The van der Waals surface area contributed by atoms with Gasteiger partial charge in [0.25, 0.3) is 5.91 Å². The van der Waals surface area contributed by atoms with E-state index in [-0.39, 0.29) is 30.6 Å². The first kappa shape index (κ1) is 21.8. The van der Waals surface area contributed by atoms with Crippen molar-refractivity contribution in [1.82, 2.24) is 20.6 Å². The molecule has 1 aromatic heterocycles. The lowest BCUT2D eigenvalue weighted by Gasteiger charge is -2.10. The quantitative estimate of drug-likeness (QED) is 0.505. The summed E-state index contributed by atoms with van der Waals surface area (Å²) in [5.74, 6) is -0.375. The van der Waals surface area contributed by atoms with Crippen LogP contribution in [-0.2, 0) is 16.0 Å². The van der Waals surface area contributed by atoms with Crippen molar-refractivity contribution >= 4 is 17.5 Å². The molecule has 0 atom stereocenters. The first-order valence-corrected chi connectivity index (χ1v) is 9.64. The summed E-state index contributed by atoms with van der Waals surface area (Å²) in [5, 5.41) is 7.40. The molecule has 8 nitrogen and oxygen atoms in total. The number of halogens is 1. The molecule has 0 saturated carbocycles. The van der Waals surface area contributed by atoms with Gasteiger partial charge in [0, 0.05) is 16.9 Å². The first-order valence-electron chi connectivity index (χ1n) is 9.64. The number of rotatable bonds is 7. The Labute approximate surface area is 179 Å². The van der Waals surface area contributed by atoms with E-state index in [1.54, 1.807) is 55.1 Å². The van der Waals surface area contributed by atoms with E-state index in [1.165, 1.54) is 12.1 Å². The highest BCUT2D eigenvalue weighted by molar-refractivity contribution is 5.85. The number of hydrogen-bond donors (Lipinski definition) is 3. The number of carbonyl (C=O) groups excluding carboxylic acids is 2. The molecule has 0 radical (unpaired) electrons. The van der Waals surface area contributed by atoms with Crippen LogP contribution in [0.1, 0.15) is 17.0 Å². The first-order chi connectivity index (χ1) is 14.9. The maximum absolute atomic E-state index is 13.2. The molecule has 0 saturated heterocycles. The number of carbonyl (C=O) groups is 2. The molecular formula is C22H24FN5O3. The van der Waals surface area contributed by atoms with Crippen molar-refractivity contribution in [1.29, 1.82) is 0 Å². The number of aromatic nitrogens is 2. The standard InChI is InChI=1S/C22H24FN5O3/c1-14-20(15(2)28(27-14)18-8-4-16(23)5-9-18)12-21(29)25-26-22(30)13-24-17-6-10-19(31-3)11-7-17/h4-11,24H,12-13H2,1-3H3,(H,25,29)(H,26,30). The minimum absolute atomic E-state index is 0.00678. The summed E-state index contributed by atoms with van der Waals surface area (Å²) in [4.78, 5) is 24.3. The Morgan fingerprint density at radius 1 is 1.00 bits per heavy atom. The molecule has 2 amide bonds. The van der Waals surface area contributed by atoms with Crippen molar-refractivity contribution < 1.29 is 18.7 Å². The van der Waals surface area contributed by atoms with Crippen molar-refractivity contribution in [2.24, 2.45) is 0 Å². The molecule has 162 valence electrons. The van der Waals surface area contributed by atoms with Crippen LogP contribution < -0.4 is 20.9 Å². The maximum atomic E-state index is 13.2. The summed E-state index contributed by atoms with van der Waals surface area (Å²) in [6, 6.07) is 13.1. The molecule has 3 aromatic rings. The van der Waals surface area contributed by atoms with E-state index in [9.17, 15) is 14.0 Å². The summed E-state index contributed by atoms with van der Waals surface area (Å²) in [5.41, 5.74) is 8.45. The van der Waals surface area contributed by atoms with Crippen molar-refractivity contribution in [3.8, 4) is 11.4 Å². The van der Waals surface area contributed by atoms with Gasteiger partial charge in [-0.15, -0.1) is 0 Å². The third-order valence-electron chi connectivity index (χ3n) is 4.73. The zero-order valence-electron chi connectivity index (χ0n) is 17.5. The van der Waals surface area contributed by atoms with Gasteiger partial charge in [-0.25, -0.2) is 9.07 Å². The van der Waals surface area contributed by atoms with Gasteiger partial charge in [-0.2, -0.15) is 5.10 Å². The molecule has 0 aliphatic rings. The van der Waals surface area contributed by atoms with Gasteiger partial charge in [-0.3, -0.25) is 20.4 Å². The number of aryl methyl sites for hydroxylation is 1. The molecular weight excluding hydrogens is 401 g/mol. The Bertz CT molecular complexity index is 1060. The normalized spacial score (nSPS) is 10.5. The van der Waals surface area contributed by atoms with Gasteiger partial charge in [-0.1, -0.05) is 0 Å². The number of ether oxygens (including phenoxy) is 1. The van der Waals surface area contributed by atoms with Gasteiger partial charge in [0.15, 0.2) is 0 Å². The molecule has 0 spiro atoms. The number of hydrogen-bond acceptors (Lipinski definition) is 5. The number of anilines is 1. The summed E-state index contributed by atoms with van der Waals surface area (Å²) in [6.07, 6.45) is 0.0467. The van der Waals surface area contributed by atoms with Crippen molar-refractivity contribution in [3.63, 3.8) is 0 Å². The topological polar surface area (TPSA) is 97.3 Å². The lowest BCUT2D eigenvalue weighted by Crippen LogP contribution is -2.44. The molecule has 2 aromatic carbocycles. The van der Waals surface area contributed by atoms with E-state index in [4.69, 9.17) is 4.74 Å². The molecule has 0 unspecified atom stereocenters. The van der Waals surface area contributed by atoms with Crippen LogP contribution in [0.25, 0.3) is 5.69 Å². The zero-order chi connectivity index (χ0) is 22.4. The lowest BCUT2D eigenvalue weighted by atomic mass is 10.1. The zero-order valence-corrected chi connectivity index (χ0v) is 17.5. The Balaban J connectivity index is 1.52. The van der Waals surface area contributed by atoms with E-state index < -0.39 is 0 Å². The fourth-order valence-electron chi connectivity index (χ4n) is 3.04. The summed E-state index contributed by atoms with van der Waals surface area (Å²) in [6.45, 7) is 3.63. The van der Waals surface area contributed by atoms with Gasteiger partial charge in [0.1, 0.15) is 11.6 Å². The van der Waals surface area contributed by atoms with Gasteiger partial charge >= 0.3 is 0 Å². The van der Waals surface area contributed by atoms with E-state index in [0.717, 1.165) is 22.7 Å². The number of amides is 2. The molecule has 0 bridgehead atoms. The van der Waals surface area contributed by atoms with E-state index in [0.29, 0.717) is 11.4 Å². The summed E-state index contributed by atoms with van der Waals surface area (Å²) in [7, 11) is 1.58. The van der Waals surface area contributed by atoms with Crippen LogP contribution in [0.2, 0.25) is 0 Å². The second kappa shape index (κ2) is 9.75. The highest BCUT2D eigenvalue weighted by Gasteiger charge is 2.16. The van der Waals surface area contributed by atoms with Crippen LogP contribution in [0.4, 0.5) is 10.1 Å². The number of methoxy groups -OCH3 is 1. The number of hydrazine groups is 1. The Morgan fingerprint density at radius 2 is 1.65 bits per heavy atom. The van der Waals surface area contributed by atoms with Crippen LogP contribution >= 0.6 is 0 Å². The van der Waals surface area contributed by atoms with Crippen molar-refractivity contribution in [3.05, 3.63) is 71.3 Å². The summed E-state index contributed by atoms with van der Waals surface area (Å²) >= 11 is 0. The van der Waals surface area contributed by atoms with Gasteiger partial charge in [0.2, 0.25) is 5.91 Å². The van der Waals surface area contributed by atoms with E-state index >= 15 is 0 Å².